The third-order valence-electron chi connectivity index (χ3n) is 8.82. The summed E-state index contributed by atoms with van der Waals surface area (Å²) >= 11 is 0. The molecule has 0 amide bonds. The predicted octanol–water partition coefficient (Wildman–Crippen LogP) is 10.6. The lowest BCUT2D eigenvalue weighted by Gasteiger charge is -2.10. The lowest BCUT2D eigenvalue weighted by atomic mass is 10.0. The molecule has 3 heterocycles. The average molecular weight is 562 g/mol. The second-order valence-electron chi connectivity index (χ2n) is 11.3. The highest BCUT2D eigenvalue weighted by Gasteiger charge is 2.16. The van der Waals surface area contributed by atoms with Gasteiger partial charge in [-0.3, -0.25) is 4.98 Å². The summed E-state index contributed by atoms with van der Waals surface area (Å²) in [6, 6.07) is 54.5. The molecule has 0 aliphatic carbocycles. The Kier molecular flexibility index (Phi) is 5.50. The maximum Gasteiger partial charge on any atom is 0.0571 e. The molecule has 0 bridgehead atoms. The van der Waals surface area contributed by atoms with E-state index in [4.69, 9.17) is 0 Å². The fourth-order valence-electron chi connectivity index (χ4n) is 6.76. The molecule has 44 heavy (non-hydrogen) atoms. The van der Waals surface area contributed by atoms with Gasteiger partial charge in [0.2, 0.25) is 0 Å². The zero-order chi connectivity index (χ0) is 29.0. The van der Waals surface area contributed by atoms with E-state index in [0.29, 0.717) is 0 Å². The first-order valence-electron chi connectivity index (χ1n) is 15.0. The molecule has 3 heteroatoms. The van der Waals surface area contributed by atoms with E-state index in [1.807, 2.05) is 12.4 Å². The molecule has 0 N–H and O–H groups in total. The maximum absolute atomic E-state index is 4.52. The molecule has 3 nitrogen and oxygen atoms in total. The van der Waals surface area contributed by atoms with Crippen molar-refractivity contribution in [1.29, 1.82) is 0 Å². The van der Waals surface area contributed by atoms with Crippen molar-refractivity contribution in [2.24, 2.45) is 0 Å². The van der Waals surface area contributed by atoms with E-state index in [0.717, 1.165) is 16.6 Å². The third kappa shape index (κ3) is 3.80. The number of nitrogens with zero attached hydrogens (tertiary/aromatic N) is 3. The van der Waals surface area contributed by atoms with Crippen molar-refractivity contribution in [3.8, 4) is 33.6 Å². The standard InChI is InChI=1S/C41H27N3/c1-3-9-28(10-4-1)29-15-19-33(20-16-29)43-39-22-18-30(25-36(39)37-27-42-24-23-40(37)43)31-17-21-35-34-13-7-8-14-38(34)44(41(35)26-31)32-11-5-2-6-12-32/h1-27H. The summed E-state index contributed by atoms with van der Waals surface area (Å²) < 4.78 is 4.73. The number of benzene rings is 6. The summed E-state index contributed by atoms with van der Waals surface area (Å²) in [5.74, 6) is 0. The molecule has 6 aromatic carbocycles. The Labute approximate surface area is 254 Å². The smallest absolute Gasteiger partial charge is 0.0571 e. The third-order valence-corrected chi connectivity index (χ3v) is 8.82. The van der Waals surface area contributed by atoms with Crippen LogP contribution in [0, 0.1) is 0 Å². The van der Waals surface area contributed by atoms with E-state index >= 15 is 0 Å². The zero-order valence-electron chi connectivity index (χ0n) is 23.9. The van der Waals surface area contributed by atoms with Gasteiger partial charge in [-0.1, -0.05) is 97.1 Å². The molecular weight excluding hydrogens is 534 g/mol. The first kappa shape index (κ1) is 24.6. The first-order valence-corrected chi connectivity index (χ1v) is 15.0. The van der Waals surface area contributed by atoms with E-state index < -0.39 is 0 Å². The monoisotopic (exact) mass is 561 g/mol. The van der Waals surface area contributed by atoms with Gasteiger partial charge in [0.25, 0.3) is 0 Å². The van der Waals surface area contributed by atoms with Gasteiger partial charge in [0.1, 0.15) is 0 Å². The Hall–Kier alpha value is -5.93. The zero-order valence-corrected chi connectivity index (χ0v) is 23.9. The number of fused-ring (bicyclic) bond motifs is 6. The van der Waals surface area contributed by atoms with Gasteiger partial charge in [-0.25, -0.2) is 0 Å². The molecule has 0 atom stereocenters. The van der Waals surface area contributed by atoms with E-state index in [9.17, 15) is 0 Å². The van der Waals surface area contributed by atoms with Crippen molar-refractivity contribution in [2.45, 2.75) is 0 Å². The van der Waals surface area contributed by atoms with E-state index in [2.05, 4.69) is 166 Å². The van der Waals surface area contributed by atoms with Crippen LogP contribution in [-0.2, 0) is 0 Å². The van der Waals surface area contributed by atoms with E-state index in [1.54, 1.807) is 0 Å². The van der Waals surface area contributed by atoms with Crippen LogP contribution in [-0.4, -0.2) is 14.1 Å². The lowest BCUT2D eigenvalue weighted by molar-refractivity contribution is 1.17. The van der Waals surface area contributed by atoms with Crippen LogP contribution in [0.2, 0.25) is 0 Å². The number of pyridine rings is 1. The highest BCUT2D eigenvalue weighted by atomic mass is 15.0. The number of hydrogen-bond acceptors (Lipinski definition) is 1. The average Bonchev–Trinajstić information content (AvgIpc) is 3.61. The quantitative estimate of drug-likeness (QED) is 0.210. The molecular formula is C41H27N3. The number of hydrogen-bond donors (Lipinski definition) is 0. The van der Waals surface area contributed by atoms with E-state index in [-0.39, 0.29) is 0 Å². The lowest BCUT2D eigenvalue weighted by Crippen LogP contribution is -1.94. The van der Waals surface area contributed by atoms with Crippen LogP contribution in [0.1, 0.15) is 0 Å². The summed E-state index contributed by atoms with van der Waals surface area (Å²) in [6.07, 6.45) is 3.88. The van der Waals surface area contributed by atoms with Crippen molar-refractivity contribution < 1.29 is 0 Å². The summed E-state index contributed by atoms with van der Waals surface area (Å²) in [5, 5.41) is 4.87. The van der Waals surface area contributed by atoms with Crippen LogP contribution in [0.4, 0.5) is 0 Å². The van der Waals surface area contributed by atoms with Crippen LogP contribution in [0.15, 0.2) is 164 Å². The number of aromatic nitrogens is 3. The minimum absolute atomic E-state index is 1.14. The largest absolute Gasteiger partial charge is 0.309 e. The van der Waals surface area contributed by atoms with Crippen molar-refractivity contribution in [3.63, 3.8) is 0 Å². The minimum atomic E-state index is 1.14. The Bertz CT molecular complexity index is 2470. The van der Waals surface area contributed by atoms with Crippen LogP contribution in [0.5, 0.6) is 0 Å². The summed E-state index contributed by atoms with van der Waals surface area (Å²) in [6.45, 7) is 0. The van der Waals surface area contributed by atoms with Crippen molar-refractivity contribution in [1.82, 2.24) is 14.1 Å². The van der Waals surface area contributed by atoms with Gasteiger partial charge in [-0.2, -0.15) is 0 Å². The molecule has 0 spiro atoms. The van der Waals surface area contributed by atoms with Crippen molar-refractivity contribution in [2.75, 3.05) is 0 Å². The minimum Gasteiger partial charge on any atom is -0.309 e. The molecule has 0 aliphatic heterocycles. The van der Waals surface area contributed by atoms with E-state index in [1.165, 1.54) is 60.6 Å². The second kappa shape index (κ2) is 9.82. The molecule has 9 aromatic rings. The molecule has 206 valence electrons. The van der Waals surface area contributed by atoms with Gasteiger partial charge < -0.3 is 9.13 Å². The molecule has 0 unspecified atom stereocenters. The molecule has 0 radical (unpaired) electrons. The highest BCUT2D eigenvalue weighted by molar-refractivity contribution is 6.12. The van der Waals surface area contributed by atoms with Crippen LogP contribution >= 0.6 is 0 Å². The molecule has 3 aromatic heterocycles. The summed E-state index contributed by atoms with van der Waals surface area (Å²) in [4.78, 5) is 4.52. The first-order chi connectivity index (χ1) is 21.8. The SMILES string of the molecule is c1ccc(-c2ccc(-n3c4ccncc4c4cc(-c5ccc6c7ccccc7n(-c7ccccc7)c6c5)ccc43)cc2)cc1. The van der Waals surface area contributed by atoms with Crippen molar-refractivity contribution >= 4 is 43.6 Å². The summed E-state index contributed by atoms with van der Waals surface area (Å²) in [5.41, 5.74) is 11.9. The fourth-order valence-corrected chi connectivity index (χ4v) is 6.76. The van der Waals surface area contributed by atoms with Gasteiger partial charge in [-0.05, 0) is 76.9 Å². The Morgan fingerprint density at radius 3 is 1.75 bits per heavy atom. The number of para-hydroxylation sites is 2. The highest BCUT2D eigenvalue weighted by Crippen LogP contribution is 2.38. The number of rotatable bonds is 4. The predicted molar refractivity (Wildman–Crippen MR) is 184 cm³/mol. The van der Waals surface area contributed by atoms with Crippen LogP contribution < -0.4 is 0 Å². The Morgan fingerprint density at radius 1 is 0.341 bits per heavy atom. The topological polar surface area (TPSA) is 22.8 Å². The van der Waals surface area contributed by atoms with Gasteiger partial charge in [0.15, 0.2) is 0 Å². The molecule has 0 aliphatic rings. The normalized spacial score (nSPS) is 11.6. The molecule has 0 fully saturated rings. The maximum atomic E-state index is 4.52. The van der Waals surface area contributed by atoms with Crippen LogP contribution in [0.3, 0.4) is 0 Å². The fraction of sp³-hybridized carbons (Fsp3) is 0. The molecule has 0 saturated carbocycles. The Balaban J connectivity index is 1.21. The van der Waals surface area contributed by atoms with Crippen molar-refractivity contribution in [3.05, 3.63) is 164 Å². The Morgan fingerprint density at radius 2 is 0.909 bits per heavy atom. The van der Waals surface area contributed by atoms with Gasteiger partial charge in [0.05, 0.1) is 22.1 Å². The van der Waals surface area contributed by atoms with Gasteiger partial charge in [-0.15, -0.1) is 0 Å². The second-order valence-corrected chi connectivity index (χ2v) is 11.3. The summed E-state index contributed by atoms with van der Waals surface area (Å²) in [7, 11) is 0. The molecule has 0 saturated heterocycles. The van der Waals surface area contributed by atoms with Gasteiger partial charge in [0, 0.05) is 45.3 Å². The van der Waals surface area contributed by atoms with Crippen LogP contribution in [0.25, 0.3) is 77.2 Å². The molecule has 9 rings (SSSR count). The van der Waals surface area contributed by atoms with Gasteiger partial charge >= 0.3 is 0 Å².